The zero-order valence-electron chi connectivity index (χ0n) is 11.4. The molecule has 0 radical (unpaired) electrons. The van der Waals surface area contributed by atoms with Crippen LogP contribution in [-0.2, 0) is 11.2 Å². The Morgan fingerprint density at radius 1 is 1.17 bits per heavy atom. The van der Waals surface area contributed by atoms with Crippen molar-refractivity contribution in [2.45, 2.75) is 45.2 Å². The molecule has 0 amide bonds. The minimum atomic E-state index is -2.99. The molecule has 0 saturated heterocycles. The Kier molecular flexibility index (Phi) is 4.68. The molecule has 0 fully saturated rings. The number of benzene rings is 1. The highest BCUT2D eigenvalue weighted by Gasteiger charge is 2.43. The normalized spacial score (nSPS) is 12.2. The third-order valence-electron chi connectivity index (χ3n) is 3.43. The molecule has 100 valence electrons. The number of rotatable bonds is 5. The number of hydrogen-bond acceptors (Lipinski definition) is 1. The maximum absolute atomic E-state index is 15.2. The predicted octanol–water partition coefficient (Wildman–Crippen LogP) is 3.26. The largest absolute Gasteiger partial charge is 0.481 e. The van der Waals surface area contributed by atoms with Gasteiger partial charge in [0.05, 0.1) is 6.42 Å². The molecule has 1 aromatic rings. The van der Waals surface area contributed by atoms with Crippen LogP contribution in [-0.4, -0.2) is 19.5 Å². The molecule has 0 aliphatic rings. The highest BCUT2D eigenvalue weighted by atomic mass is 28.4. The summed E-state index contributed by atoms with van der Waals surface area (Å²) in [5.74, 6) is -0.862. The lowest BCUT2D eigenvalue weighted by Crippen LogP contribution is -2.49. The first-order valence-corrected chi connectivity index (χ1v) is 8.31. The molecular weight excluding hydrogens is 247 g/mol. The van der Waals surface area contributed by atoms with Gasteiger partial charge in [0.2, 0.25) is 0 Å². The average Bonchev–Trinajstić information content (AvgIpc) is 2.27. The summed E-state index contributed by atoms with van der Waals surface area (Å²) in [5.41, 5.74) is 0.751. The van der Waals surface area contributed by atoms with Crippen molar-refractivity contribution < 1.29 is 14.0 Å². The molecule has 2 nitrogen and oxygen atoms in total. The number of hydrogen-bond donors (Lipinski definition) is 1. The Morgan fingerprint density at radius 3 is 1.94 bits per heavy atom. The molecule has 0 unspecified atom stereocenters. The number of carbonyl (C=O) groups is 1. The van der Waals surface area contributed by atoms with E-state index in [1.54, 1.807) is 24.3 Å². The topological polar surface area (TPSA) is 37.3 Å². The summed E-state index contributed by atoms with van der Waals surface area (Å²) in [6.07, 6.45) is -0.00945. The van der Waals surface area contributed by atoms with Crippen LogP contribution in [0.5, 0.6) is 0 Å². The van der Waals surface area contributed by atoms with Crippen molar-refractivity contribution in [2.75, 3.05) is 0 Å². The van der Waals surface area contributed by atoms with Crippen LogP contribution < -0.4 is 5.19 Å². The third kappa shape index (κ3) is 2.99. The van der Waals surface area contributed by atoms with Gasteiger partial charge in [0.1, 0.15) is 0 Å². The number of aliphatic carboxylic acids is 1. The van der Waals surface area contributed by atoms with Crippen LogP contribution in [0.3, 0.4) is 0 Å². The fourth-order valence-corrected chi connectivity index (χ4v) is 5.73. The Morgan fingerprint density at radius 2 is 1.61 bits per heavy atom. The van der Waals surface area contributed by atoms with Crippen molar-refractivity contribution in [3.63, 3.8) is 0 Å². The minimum absolute atomic E-state index is 0.00945. The van der Waals surface area contributed by atoms with Gasteiger partial charge in [0.15, 0.2) is 0 Å². The minimum Gasteiger partial charge on any atom is -0.481 e. The summed E-state index contributed by atoms with van der Waals surface area (Å²) >= 11 is 0. The van der Waals surface area contributed by atoms with E-state index >= 15 is 4.11 Å². The number of carboxylic acid groups (broad SMARTS) is 1. The van der Waals surface area contributed by atoms with Crippen LogP contribution in [0.4, 0.5) is 4.11 Å². The lowest BCUT2D eigenvalue weighted by atomic mass is 10.2. The van der Waals surface area contributed by atoms with Gasteiger partial charge in [-0.1, -0.05) is 52.0 Å². The second-order valence-electron chi connectivity index (χ2n) is 5.34. The molecule has 0 aliphatic carbocycles. The molecular formula is C14H21FO2Si. The molecule has 1 N–H and O–H groups in total. The van der Waals surface area contributed by atoms with Gasteiger partial charge in [0.25, 0.3) is 8.41 Å². The van der Waals surface area contributed by atoms with Gasteiger partial charge >= 0.3 is 5.97 Å². The molecule has 1 rings (SSSR count). The SMILES string of the molecule is CC(C)[Si]([19F])(c1ccc(CC(=O)O)cc1)C(C)C. The molecule has 1 aromatic carbocycles. The van der Waals surface area contributed by atoms with E-state index in [0.717, 1.165) is 10.8 Å². The molecule has 0 bridgehead atoms. The Bertz CT molecular complexity index is 404. The second kappa shape index (κ2) is 5.65. The van der Waals surface area contributed by atoms with E-state index < -0.39 is 14.4 Å². The van der Waals surface area contributed by atoms with E-state index in [0.29, 0.717) is 0 Å². The predicted molar refractivity (Wildman–Crippen MR) is 74.5 cm³/mol. The van der Waals surface area contributed by atoms with Crippen molar-refractivity contribution >= 4 is 19.6 Å². The summed E-state index contributed by atoms with van der Waals surface area (Å²) < 4.78 is 15.2. The molecule has 0 aliphatic heterocycles. The summed E-state index contributed by atoms with van der Waals surface area (Å²) in [7, 11) is -2.99. The Labute approximate surface area is 109 Å². The molecule has 4 heteroatoms. The monoisotopic (exact) mass is 268 g/mol. The van der Waals surface area contributed by atoms with Gasteiger partial charge in [-0.15, -0.1) is 0 Å². The van der Waals surface area contributed by atoms with Crippen molar-refractivity contribution in [1.82, 2.24) is 0 Å². The highest BCUT2D eigenvalue weighted by molar-refractivity contribution is 6.88. The first-order valence-electron chi connectivity index (χ1n) is 6.28. The van der Waals surface area contributed by atoms with E-state index in [9.17, 15) is 4.79 Å². The fraction of sp³-hybridized carbons (Fsp3) is 0.500. The molecule has 18 heavy (non-hydrogen) atoms. The number of carboxylic acids is 1. The maximum atomic E-state index is 15.2. The van der Waals surface area contributed by atoms with Crippen LogP contribution in [0.1, 0.15) is 33.3 Å². The van der Waals surface area contributed by atoms with Crippen LogP contribution >= 0.6 is 0 Å². The smallest absolute Gasteiger partial charge is 0.307 e. The van der Waals surface area contributed by atoms with Gasteiger partial charge in [-0.25, -0.2) is 0 Å². The summed E-state index contributed by atoms with van der Waals surface area (Å²) in [4.78, 5) is 10.6. The second-order valence-corrected chi connectivity index (χ2v) is 9.77. The quantitative estimate of drug-likeness (QED) is 0.657. The van der Waals surface area contributed by atoms with Crippen molar-refractivity contribution in [1.29, 1.82) is 0 Å². The van der Waals surface area contributed by atoms with Crippen molar-refractivity contribution in [2.24, 2.45) is 0 Å². The van der Waals surface area contributed by atoms with Gasteiger partial charge in [-0.3, -0.25) is 4.79 Å². The molecule has 0 spiro atoms. The van der Waals surface area contributed by atoms with Gasteiger partial charge in [-0.05, 0) is 21.8 Å². The highest BCUT2D eigenvalue weighted by Crippen LogP contribution is 2.33. The summed E-state index contributed by atoms with van der Waals surface area (Å²) in [5, 5.41) is 9.47. The fourth-order valence-electron chi connectivity index (χ4n) is 2.39. The van der Waals surface area contributed by atoms with Gasteiger partial charge in [0, 0.05) is 0 Å². The van der Waals surface area contributed by atoms with E-state index in [-0.39, 0.29) is 17.5 Å². The summed E-state index contributed by atoms with van der Waals surface area (Å²) in [6.45, 7) is 7.71. The first kappa shape index (κ1) is 14.9. The number of halogens is 1. The van der Waals surface area contributed by atoms with E-state index in [4.69, 9.17) is 5.11 Å². The zero-order chi connectivity index (χ0) is 13.9. The molecule has 0 heterocycles. The first-order chi connectivity index (χ1) is 8.28. The Hall–Kier alpha value is -1.16. The lowest BCUT2D eigenvalue weighted by Gasteiger charge is -2.30. The van der Waals surface area contributed by atoms with Gasteiger partial charge < -0.3 is 9.21 Å². The lowest BCUT2D eigenvalue weighted by molar-refractivity contribution is -0.136. The molecule has 0 atom stereocenters. The van der Waals surface area contributed by atoms with E-state index in [1.807, 2.05) is 27.7 Å². The van der Waals surface area contributed by atoms with Crippen LogP contribution in [0.2, 0.25) is 11.1 Å². The third-order valence-corrected chi connectivity index (χ3v) is 8.01. The molecule has 0 aromatic heterocycles. The van der Waals surface area contributed by atoms with Crippen LogP contribution in [0.25, 0.3) is 0 Å². The van der Waals surface area contributed by atoms with E-state index in [2.05, 4.69) is 0 Å². The molecule has 0 saturated carbocycles. The standard InChI is InChI=1S/C14H21FO2Si/c1-10(2)18(15,11(3)4)13-7-5-12(6-8-13)9-14(16)17/h5-8,10-11H,9H2,1-4H3,(H,16,17)/i15+0. The maximum Gasteiger partial charge on any atom is 0.307 e. The van der Waals surface area contributed by atoms with Crippen molar-refractivity contribution in [3.8, 4) is 0 Å². The van der Waals surface area contributed by atoms with E-state index in [1.165, 1.54) is 0 Å². The van der Waals surface area contributed by atoms with Crippen molar-refractivity contribution in [3.05, 3.63) is 29.8 Å². The summed E-state index contributed by atoms with van der Waals surface area (Å²) in [6, 6.07) is 7.00. The van der Waals surface area contributed by atoms with Gasteiger partial charge in [-0.2, -0.15) is 0 Å². The zero-order valence-corrected chi connectivity index (χ0v) is 12.4. The van der Waals surface area contributed by atoms with Crippen LogP contribution in [0.15, 0.2) is 24.3 Å². The Balaban J connectivity index is 3.05. The average molecular weight is 268 g/mol. The van der Waals surface area contributed by atoms with Crippen LogP contribution in [0, 0.1) is 0 Å².